The molecule has 0 amide bonds. The molecule has 21 heavy (non-hydrogen) atoms. The third-order valence-corrected chi connectivity index (χ3v) is 2.97. The molecule has 0 fully saturated rings. The van der Waals surface area contributed by atoms with E-state index in [2.05, 4.69) is 10.3 Å². The number of hydrogen-bond donors (Lipinski definition) is 2. The molecule has 4 N–H and O–H groups in total. The molecule has 3 rings (SSSR count). The first-order valence-corrected chi connectivity index (χ1v) is 6.46. The smallest absolute Gasteiger partial charge is 0.134 e. The maximum atomic E-state index is 5.66. The van der Waals surface area contributed by atoms with Crippen LogP contribution in [0.4, 0.5) is 11.4 Å². The van der Waals surface area contributed by atoms with E-state index in [4.69, 9.17) is 16.2 Å². The molecular weight excluding hydrogens is 266 g/mol. The number of anilines is 2. The zero-order chi connectivity index (χ0) is 14.7. The third-order valence-electron chi connectivity index (χ3n) is 2.97. The molecule has 0 saturated heterocycles. The van der Waals surface area contributed by atoms with Gasteiger partial charge in [-0.2, -0.15) is 0 Å². The van der Waals surface area contributed by atoms with Gasteiger partial charge in [0.1, 0.15) is 18.1 Å². The summed E-state index contributed by atoms with van der Waals surface area (Å²) in [6.45, 7) is 0.346. The van der Waals surface area contributed by atoms with E-state index < -0.39 is 0 Å². The highest BCUT2D eigenvalue weighted by atomic mass is 16.5. The van der Waals surface area contributed by atoms with Crippen molar-refractivity contribution in [3.8, 4) is 11.4 Å². The molecule has 1 heterocycles. The van der Waals surface area contributed by atoms with Crippen LogP contribution in [0.2, 0.25) is 0 Å². The number of nitrogen functional groups attached to an aromatic ring is 2. The molecule has 0 bridgehead atoms. The summed E-state index contributed by atoms with van der Waals surface area (Å²) >= 11 is 0. The fraction of sp³-hybridized carbons (Fsp3) is 0.0667. The lowest BCUT2D eigenvalue weighted by Gasteiger charge is -2.03. The predicted molar refractivity (Wildman–Crippen MR) is 81.0 cm³/mol. The van der Waals surface area contributed by atoms with E-state index in [1.54, 1.807) is 16.8 Å². The van der Waals surface area contributed by atoms with Crippen LogP contribution in [0.1, 0.15) is 5.69 Å². The maximum Gasteiger partial charge on any atom is 0.134 e. The maximum absolute atomic E-state index is 5.66. The van der Waals surface area contributed by atoms with Gasteiger partial charge in [-0.3, -0.25) is 0 Å². The third kappa shape index (κ3) is 3.11. The van der Waals surface area contributed by atoms with Crippen molar-refractivity contribution in [1.29, 1.82) is 0 Å². The lowest BCUT2D eigenvalue weighted by Crippen LogP contribution is -1.96. The first-order chi connectivity index (χ1) is 10.2. The van der Waals surface area contributed by atoms with Crippen LogP contribution in [-0.2, 0) is 6.61 Å². The average molecular weight is 281 g/mol. The Hall–Kier alpha value is -3.02. The van der Waals surface area contributed by atoms with Crippen molar-refractivity contribution >= 4 is 11.4 Å². The quantitative estimate of drug-likeness (QED) is 0.714. The van der Waals surface area contributed by atoms with Gasteiger partial charge in [0.15, 0.2) is 0 Å². The van der Waals surface area contributed by atoms with Gasteiger partial charge in [-0.25, -0.2) is 4.68 Å². The van der Waals surface area contributed by atoms with Crippen molar-refractivity contribution in [3.05, 3.63) is 60.4 Å². The molecule has 3 aromatic rings. The zero-order valence-corrected chi connectivity index (χ0v) is 11.3. The molecule has 0 spiro atoms. The van der Waals surface area contributed by atoms with Gasteiger partial charge in [0.2, 0.25) is 0 Å². The largest absolute Gasteiger partial charge is 0.487 e. The van der Waals surface area contributed by atoms with Gasteiger partial charge in [0.05, 0.1) is 11.9 Å². The molecule has 0 aliphatic carbocycles. The summed E-state index contributed by atoms with van der Waals surface area (Å²) in [4.78, 5) is 0. The van der Waals surface area contributed by atoms with Crippen LogP contribution in [0.5, 0.6) is 5.75 Å². The Bertz CT molecular complexity index is 719. The van der Waals surface area contributed by atoms with Crippen molar-refractivity contribution in [2.24, 2.45) is 0 Å². The zero-order valence-electron chi connectivity index (χ0n) is 11.3. The van der Waals surface area contributed by atoms with E-state index in [1.807, 2.05) is 42.6 Å². The minimum atomic E-state index is 0.346. The SMILES string of the molecule is Nc1ccc(OCc2cn(-c3ccc(N)cc3)nn2)cc1. The second kappa shape index (κ2) is 5.54. The Morgan fingerprint density at radius 2 is 1.52 bits per heavy atom. The Balaban J connectivity index is 1.67. The van der Waals surface area contributed by atoms with Crippen LogP contribution in [0.3, 0.4) is 0 Å². The number of aromatic nitrogens is 3. The molecule has 0 saturated carbocycles. The topological polar surface area (TPSA) is 92.0 Å². The Morgan fingerprint density at radius 3 is 2.19 bits per heavy atom. The highest BCUT2D eigenvalue weighted by Gasteiger charge is 2.04. The number of nitrogens with zero attached hydrogens (tertiary/aromatic N) is 3. The van der Waals surface area contributed by atoms with Crippen molar-refractivity contribution in [3.63, 3.8) is 0 Å². The van der Waals surface area contributed by atoms with Gasteiger partial charge in [-0.15, -0.1) is 5.10 Å². The average Bonchev–Trinajstić information content (AvgIpc) is 2.96. The van der Waals surface area contributed by atoms with Crippen LogP contribution in [0.15, 0.2) is 54.7 Å². The second-order valence-electron chi connectivity index (χ2n) is 4.60. The molecule has 6 heteroatoms. The summed E-state index contributed by atoms with van der Waals surface area (Å²) < 4.78 is 7.31. The number of rotatable bonds is 4. The van der Waals surface area contributed by atoms with Gasteiger partial charge in [0, 0.05) is 11.4 Å². The van der Waals surface area contributed by atoms with E-state index in [9.17, 15) is 0 Å². The molecule has 106 valence electrons. The van der Waals surface area contributed by atoms with E-state index in [0.717, 1.165) is 17.1 Å². The molecular formula is C15H15N5O. The molecule has 0 radical (unpaired) electrons. The van der Waals surface area contributed by atoms with Gasteiger partial charge in [0.25, 0.3) is 0 Å². The summed E-state index contributed by atoms with van der Waals surface area (Å²) in [6.07, 6.45) is 1.82. The van der Waals surface area contributed by atoms with Gasteiger partial charge >= 0.3 is 0 Å². The molecule has 1 aromatic heterocycles. The first kappa shape index (κ1) is 13.0. The van der Waals surface area contributed by atoms with Crippen LogP contribution in [0, 0.1) is 0 Å². The fourth-order valence-electron chi connectivity index (χ4n) is 1.84. The summed E-state index contributed by atoms with van der Waals surface area (Å²) in [5.74, 6) is 0.742. The molecule has 0 aliphatic heterocycles. The van der Waals surface area contributed by atoms with Gasteiger partial charge < -0.3 is 16.2 Å². The minimum Gasteiger partial charge on any atom is -0.487 e. The lowest BCUT2D eigenvalue weighted by molar-refractivity contribution is 0.301. The molecule has 0 unspecified atom stereocenters. The van der Waals surface area contributed by atoms with Gasteiger partial charge in [-0.05, 0) is 48.5 Å². The van der Waals surface area contributed by atoms with E-state index in [1.165, 1.54) is 0 Å². The molecule has 6 nitrogen and oxygen atoms in total. The molecule has 0 atom stereocenters. The van der Waals surface area contributed by atoms with Crippen LogP contribution >= 0.6 is 0 Å². The fourth-order valence-corrected chi connectivity index (χ4v) is 1.84. The Morgan fingerprint density at radius 1 is 0.905 bits per heavy atom. The summed E-state index contributed by atoms with van der Waals surface area (Å²) in [7, 11) is 0. The van der Waals surface area contributed by atoms with Gasteiger partial charge in [-0.1, -0.05) is 5.21 Å². The first-order valence-electron chi connectivity index (χ1n) is 6.46. The highest BCUT2D eigenvalue weighted by Crippen LogP contribution is 2.15. The number of hydrogen-bond acceptors (Lipinski definition) is 5. The summed E-state index contributed by atoms with van der Waals surface area (Å²) in [6, 6.07) is 14.6. The van der Waals surface area contributed by atoms with E-state index in [-0.39, 0.29) is 0 Å². The number of nitrogens with two attached hydrogens (primary N) is 2. The highest BCUT2D eigenvalue weighted by molar-refractivity contribution is 5.44. The monoisotopic (exact) mass is 281 g/mol. The Kier molecular flexibility index (Phi) is 3.42. The minimum absolute atomic E-state index is 0.346. The predicted octanol–water partition coefficient (Wildman–Crippen LogP) is 2.01. The van der Waals surface area contributed by atoms with Crippen molar-refractivity contribution in [1.82, 2.24) is 15.0 Å². The standard InChI is InChI=1S/C15H15N5O/c16-11-1-5-14(6-2-11)20-9-13(18-19-20)10-21-15-7-3-12(17)4-8-15/h1-9H,10,16-17H2. The van der Waals surface area contributed by atoms with Crippen LogP contribution in [-0.4, -0.2) is 15.0 Å². The van der Waals surface area contributed by atoms with Crippen molar-refractivity contribution < 1.29 is 4.74 Å². The Labute approximate surface area is 121 Å². The number of benzene rings is 2. The second-order valence-corrected chi connectivity index (χ2v) is 4.60. The van der Waals surface area contributed by atoms with E-state index >= 15 is 0 Å². The van der Waals surface area contributed by atoms with E-state index in [0.29, 0.717) is 18.0 Å². The lowest BCUT2D eigenvalue weighted by atomic mass is 10.3. The van der Waals surface area contributed by atoms with Crippen LogP contribution in [0.25, 0.3) is 5.69 Å². The summed E-state index contributed by atoms with van der Waals surface area (Å²) in [5, 5.41) is 8.15. The van der Waals surface area contributed by atoms with Crippen LogP contribution < -0.4 is 16.2 Å². The van der Waals surface area contributed by atoms with Crippen molar-refractivity contribution in [2.75, 3.05) is 11.5 Å². The molecule has 2 aromatic carbocycles. The normalized spacial score (nSPS) is 10.5. The summed E-state index contributed by atoms with van der Waals surface area (Å²) in [5.41, 5.74) is 14.3. The number of ether oxygens (including phenoxy) is 1. The molecule has 0 aliphatic rings. The van der Waals surface area contributed by atoms with Crippen molar-refractivity contribution in [2.45, 2.75) is 6.61 Å².